The first-order chi connectivity index (χ1) is 16.0. The molecule has 0 spiro atoms. The number of nitrogens with zero attached hydrogens (tertiary/aromatic N) is 3. The number of rotatable bonds is 9. The average molecular weight is 467 g/mol. The van der Waals surface area contributed by atoms with E-state index in [-0.39, 0.29) is 17.7 Å². The van der Waals surface area contributed by atoms with Gasteiger partial charge in [0.05, 0.1) is 18.0 Å². The molecule has 0 aromatic heterocycles. The lowest BCUT2D eigenvalue weighted by atomic mass is 9.91. The first-order valence-corrected chi connectivity index (χ1v) is 12.8. The van der Waals surface area contributed by atoms with E-state index >= 15 is 0 Å². The standard InChI is InChI=1S/C26H34N4O2S/c1-18(14-24(31)19-8-6-5-7-9-19)23-15-20(16-27-2)25(28-17-33-4)26(30-23)29-21-10-12-22(32-3)13-11-21/h5-9,15-16,18,21-22H,2,10-14,17H2,1,3-4H3,(H,29,30)/b20-16-,28-25?. The number of amidine groups is 1. The third-order valence-electron chi connectivity index (χ3n) is 6.06. The van der Waals surface area contributed by atoms with Crippen molar-refractivity contribution in [1.29, 1.82) is 0 Å². The van der Waals surface area contributed by atoms with Crippen molar-refractivity contribution in [1.82, 2.24) is 5.32 Å². The first kappa shape index (κ1) is 25.1. The number of benzene rings is 1. The van der Waals surface area contributed by atoms with Crippen molar-refractivity contribution in [2.75, 3.05) is 19.2 Å². The Kier molecular flexibility index (Phi) is 9.63. The van der Waals surface area contributed by atoms with E-state index in [0.717, 1.165) is 54.1 Å². The number of hydrogen-bond acceptors (Lipinski definition) is 6. The van der Waals surface area contributed by atoms with Gasteiger partial charge in [-0.3, -0.25) is 19.8 Å². The quantitative estimate of drug-likeness (QED) is 0.407. The third kappa shape index (κ3) is 6.98. The van der Waals surface area contributed by atoms with E-state index in [1.54, 1.807) is 25.1 Å². The van der Waals surface area contributed by atoms with Crippen LogP contribution in [0.25, 0.3) is 0 Å². The van der Waals surface area contributed by atoms with E-state index in [1.165, 1.54) is 0 Å². The summed E-state index contributed by atoms with van der Waals surface area (Å²) in [4.78, 5) is 26.7. The second kappa shape index (κ2) is 12.7. The Labute approximate surface area is 201 Å². The van der Waals surface area contributed by atoms with Gasteiger partial charge in [-0.2, -0.15) is 0 Å². The number of carbonyl (C=O) groups excluding carboxylic acids is 1. The fourth-order valence-corrected chi connectivity index (χ4v) is 4.44. The lowest BCUT2D eigenvalue weighted by Gasteiger charge is -2.29. The first-order valence-electron chi connectivity index (χ1n) is 11.4. The van der Waals surface area contributed by atoms with Crippen LogP contribution in [0.15, 0.2) is 68.9 Å². The van der Waals surface area contributed by atoms with Crippen LogP contribution in [0.5, 0.6) is 0 Å². The minimum atomic E-state index is -0.0116. The van der Waals surface area contributed by atoms with Gasteiger partial charge in [0, 0.05) is 42.5 Å². The van der Waals surface area contributed by atoms with Crippen molar-refractivity contribution in [3.63, 3.8) is 0 Å². The van der Waals surface area contributed by atoms with Gasteiger partial charge in [-0.25, -0.2) is 0 Å². The van der Waals surface area contributed by atoms with E-state index in [4.69, 9.17) is 14.7 Å². The van der Waals surface area contributed by atoms with Crippen molar-refractivity contribution in [2.45, 2.75) is 51.2 Å². The Balaban J connectivity index is 1.86. The van der Waals surface area contributed by atoms with E-state index in [1.807, 2.05) is 42.7 Å². The third-order valence-corrected chi connectivity index (χ3v) is 6.45. The predicted molar refractivity (Wildman–Crippen MR) is 140 cm³/mol. The molecule has 0 bridgehead atoms. The van der Waals surface area contributed by atoms with Crippen LogP contribution in [0, 0.1) is 5.92 Å². The molecule has 176 valence electrons. The summed E-state index contributed by atoms with van der Waals surface area (Å²) in [5, 5.41) is 3.51. The zero-order valence-corrected chi connectivity index (χ0v) is 20.6. The number of hydrogen-bond donors (Lipinski definition) is 1. The highest BCUT2D eigenvalue weighted by Gasteiger charge is 2.27. The van der Waals surface area contributed by atoms with Gasteiger partial charge in [-0.05, 0) is 44.7 Å². The van der Waals surface area contributed by atoms with Gasteiger partial charge in [-0.1, -0.05) is 37.3 Å². The van der Waals surface area contributed by atoms with E-state index in [9.17, 15) is 4.79 Å². The molecule has 3 rings (SSSR count). The molecule has 33 heavy (non-hydrogen) atoms. The maximum Gasteiger partial charge on any atom is 0.163 e. The number of ether oxygens (including phenoxy) is 1. The molecule has 1 aromatic rings. The Hall–Kier alpha value is -2.51. The minimum Gasteiger partial charge on any atom is -0.381 e. The van der Waals surface area contributed by atoms with Crippen LogP contribution in [0.4, 0.5) is 0 Å². The minimum absolute atomic E-state index is 0.0116. The molecule has 1 aliphatic heterocycles. The molecule has 2 aliphatic rings. The van der Waals surface area contributed by atoms with Gasteiger partial charge in [0.1, 0.15) is 5.71 Å². The maximum absolute atomic E-state index is 12.8. The number of ketones is 1. The fraction of sp³-hybridized carbons (Fsp3) is 0.462. The molecule has 6 nitrogen and oxygen atoms in total. The molecule has 1 aromatic carbocycles. The van der Waals surface area contributed by atoms with Gasteiger partial charge < -0.3 is 10.1 Å². The number of Topliss-reactive ketones (excluding diaryl/α,β-unsaturated/α-hetero) is 1. The summed E-state index contributed by atoms with van der Waals surface area (Å²) in [7, 11) is 1.78. The second-order valence-corrected chi connectivity index (χ2v) is 9.29. The normalized spacial score (nSPS) is 25.5. The number of thioether (sulfide) groups is 1. The van der Waals surface area contributed by atoms with Crippen molar-refractivity contribution in [3.8, 4) is 0 Å². The number of carbonyl (C=O) groups is 1. The van der Waals surface area contributed by atoms with Gasteiger partial charge in [-0.15, -0.1) is 11.8 Å². The van der Waals surface area contributed by atoms with E-state index < -0.39 is 0 Å². The maximum atomic E-state index is 12.8. The summed E-state index contributed by atoms with van der Waals surface area (Å²) in [6.07, 6.45) is 10.5. The van der Waals surface area contributed by atoms with Gasteiger partial charge in [0.15, 0.2) is 11.6 Å². The lowest BCUT2D eigenvalue weighted by Crippen LogP contribution is -2.39. The summed E-state index contributed by atoms with van der Waals surface area (Å²) in [5.74, 6) is 1.50. The Bertz CT molecular complexity index is 944. The molecule has 7 heteroatoms. The zero-order valence-electron chi connectivity index (χ0n) is 19.8. The summed E-state index contributed by atoms with van der Waals surface area (Å²) < 4.78 is 5.51. The number of methoxy groups -OCH3 is 1. The zero-order chi connectivity index (χ0) is 23.6. The average Bonchev–Trinajstić information content (AvgIpc) is 2.84. The highest BCUT2D eigenvalue weighted by molar-refractivity contribution is 7.98. The lowest BCUT2D eigenvalue weighted by molar-refractivity contribution is 0.0667. The molecule has 1 heterocycles. The van der Waals surface area contributed by atoms with Crippen LogP contribution in [0.3, 0.4) is 0 Å². The highest BCUT2D eigenvalue weighted by Crippen LogP contribution is 2.26. The van der Waals surface area contributed by atoms with Crippen LogP contribution in [0.1, 0.15) is 49.4 Å². The summed E-state index contributed by atoms with van der Waals surface area (Å²) in [5.41, 5.74) is 3.35. The van der Waals surface area contributed by atoms with Crippen molar-refractivity contribution >= 4 is 35.8 Å². The highest BCUT2D eigenvalue weighted by atomic mass is 32.2. The summed E-state index contributed by atoms with van der Waals surface area (Å²) in [6, 6.07) is 9.65. The molecule has 1 atom stereocenters. The molecule has 1 fully saturated rings. The fourth-order valence-electron chi connectivity index (χ4n) is 4.18. The number of nitrogens with one attached hydrogen (secondary N) is 1. The van der Waals surface area contributed by atoms with Crippen LogP contribution in [-0.4, -0.2) is 55.4 Å². The topological polar surface area (TPSA) is 75.4 Å². The summed E-state index contributed by atoms with van der Waals surface area (Å²) in [6.45, 7) is 5.70. The van der Waals surface area contributed by atoms with Gasteiger partial charge in [0.25, 0.3) is 0 Å². The molecule has 0 saturated heterocycles. The molecule has 1 saturated carbocycles. The molecular weight excluding hydrogens is 432 g/mol. The molecule has 1 unspecified atom stereocenters. The predicted octanol–water partition coefficient (Wildman–Crippen LogP) is 5.08. The van der Waals surface area contributed by atoms with Crippen molar-refractivity contribution < 1.29 is 9.53 Å². The number of aliphatic imine (C=N–C) groups is 3. The van der Waals surface area contributed by atoms with Gasteiger partial charge in [0.2, 0.25) is 0 Å². The number of allylic oxidation sites excluding steroid dienone is 2. The molecule has 1 N–H and O–H groups in total. The molecular formula is C26H34N4O2S. The second-order valence-electron chi connectivity index (χ2n) is 8.45. The van der Waals surface area contributed by atoms with Crippen LogP contribution in [-0.2, 0) is 4.74 Å². The SMILES string of the molecule is C=N/C=C1/C=C(C(C)CC(=O)c2ccccc2)NC(=NC2CCC(OC)CC2)C1=NCSC. The smallest absolute Gasteiger partial charge is 0.163 e. The van der Waals surface area contributed by atoms with E-state index in [0.29, 0.717) is 18.4 Å². The Morgan fingerprint density at radius 3 is 2.64 bits per heavy atom. The molecule has 0 radical (unpaired) electrons. The van der Waals surface area contributed by atoms with Gasteiger partial charge >= 0.3 is 0 Å². The Morgan fingerprint density at radius 2 is 2.00 bits per heavy atom. The molecule has 1 aliphatic carbocycles. The summed E-state index contributed by atoms with van der Waals surface area (Å²) >= 11 is 1.65. The van der Waals surface area contributed by atoms with Crippen LogP contribution in [0.2, 0.25) is 0 Å². The molecule has 0 amide bonds. The Morgan fingerprint density at radius 1 is 1.27 bits per heavy atom. The van der Waals surface area contributed by atoms with E-state index in [2.05, 4.69) is 24.0 Å². The van der Waals surface area contributed by atoms with Crippen molar-refractivity contribution in [3.05, 3.63) is 59.4 Å². The van der Waals surface area contributed by atoms with Crippen LogP contribution >= 0.6 is 11.8 Å². The largest absolute Gasteiger partial charge is 0.381 e. The monoisotopic (exact) mass is 466 g/mol. The van der Waals surface area contributed by atoms with Crippen molar-refractivity contribution in [2.24, 2.45) is 20.9 Å². The van der Waals surface area contributed by atoms with Crippen LogP contribution < -0.4 is 5.32 Å².